The maximum absolute atomic E-state index is 12.1. The van der Waals surface area contributed by atoms with E-state index in [1.165, 1.54) is 6.07 Å². The molecule has 2 aromatic heterocycles. The Morgan fingerprint density at radius 2 is 1.77 bits per heavy atom. The molecule has 4 aromatic rings. The van der Waals surface area contributed by atoms with Crippen LogP contribution in [0.1, 0.15) is 26.3 Å². The van der Waals surface area contributed by atoms with Gasteiger partial charge in [-0.3, -0.25) is 0 Å². The van der Waals surface area contributed by atoms with Gasteiger partial charge in [-0.1, -0.05) is 18.2 Å². The van der Waals surface area contributed by atoms with Gasteiger partial charge in [0, 0.05) is 22.4 Å². The number of fused-ring (bicyclic) bond motifs is 2. The van der Waals surface area contributed by atoms with Crippen molar-refractivity contribution in [2.45, 2.75) is 33.3 Å². The van der Waals surface area contributed by atoms with E-state index in [9.17, 15) is 9.59 Å². The third-order valence-electron chi connectivity index (χ3n) is 4.50. The van der Waals surface area contributed by atoms with Crippen LogP contribution in [0.4, 0.5) is 0 Å². The molecule has 0 spiro atoms. The number of hydrogen-bond acceptors (Lipinski definition) is 6. The molecule has 0 saturated carbocycles. The van der Waals surface area contributed by atoms with E-state index in [0.717, 1.165) is 16.5 Å². The molecule has 0 unspecified atom stereocenters. The minimum atomic E-state index is -0.587. The molecule has 0 fully saturated rings. The van der Waals surface area contributed by atoms with Crippen LogP contribution in [0.15, 0.2) is 62.2 Å². The highest BCUT2D eigenvalue weighted by atomic mass is 16.6. The highest BCUT2D eigenvalue weighted by molar-refractivity contribution is 5.95. The normalized spacial score (nSPS) is 11.7. The summed E-state index contributed by atoms with van der Waals surface area (Å²) in [4.78, 5) is 24.2. The van der Waals surface area contributed by atoms with Crippen molar-refractivity contribution in [1.82, 2.24) is 0 Å². The first-order valence-electron chi connectivity index (χ1n) is 9.62. The molecular weight excluding hydrogens is 384 g/mol. The molecule has 0 aliphatic carbocycles. The molecule has 0 aliphatic heterocycles. The van der Waals surface area contributed by atoms with Gasteiger partial charge >= 0.3 is 11.6 Å². The zero-order chi connectivity index (χ0) is 21.5. The molecule has 4 rings (SSSR count). The van der Waals surface area contributed by atoms with Crippen molar-refractivity contribution in [3.63, 3.8) is 0 Å². The summed E-state index contributed by atoms with van der Waals surface area (Å²) in [5.41, 5.74) is 1.41. The topological polar surface area (TPSA) is 78.9 Å². The van der Waals surface area contributed by atoms with Crippen LogP contribution in [0.3, 0.4) is 0 Å². The Kier molecular flexibility index (Phi) is 4.86. The van der Waals surface area contributed by atoms with Gasteiger partial charge in [0.2, 0.25) is 0 Å². The highest BCUT2D eigenvalue weighted by Gasteiger charge is 2.18. The zero-order valence-corrected chi connectivity index (χ0v) is 17.3. The quantitative estimate of drug-likeness (QED) is 0.341. The number of rotatable bonds is 4. The van der Waals surface area contributed by atoms with E-state index in [4.69, 9.17) is 18.3 Å². The standard InChI is InChI=1S/C24H22O6/c1-14-9-20-16(11-19(14)27-13-23(26)30-24(2,3)4)17(12-22(25)29-20)21-10-15-7-5-6-8-18(15)28-21/h5-12H,13H2,1-4H3. The van der Waals surface area contributed by atoms with Gasteiger partial charge in [0.05, 0.1) is 0 Å². The van der Waals surface area contributed by atoms with Crippen LogP contribution in [0, 0.1) is 6.92 Å². The van der Waals surface area contributed by atoms with E-state index in [1.54, 1.807) is 32.9 Å². The van der Waals surface area contributed by atoms with Gasteiger partial charge in [0.15, 0.2) is 6.61 Å². The first kappa shape index (κ1) is 19.8. The molecule has 0 saturated heterocycles. The second-order valence-electron chi connectivity index (χ2n) is 8.12. The second kappa shape index (κ2) is 7.37. The molecule has 0 amide bonds. The summed E-state index contributed by atoms with van der Waals surface area (Å²) in [7, 11) is 0. The lowest BCUT2D eigenvalue weighted by Gasteiger charge is -2.19. The summed E-state index contributed by atoms with van der Waals surface area (Å²) in [6.45, 7) is 6.99. The van der Waals surface area contributed by atoms with E-state index in [0.29, 0.717) is 28.0 Å². The van der Waals surface area contributed by atoms with Crippen molar-refractivity contribution in [3.05, 3.63) is 64.5 Å². The first-order chi connectivity index (χ1) is 14.2. The number of para-hydroxylation sites is 1. The van der Waals surface area contributed by atoms with Crippen molar-refractivity contribution in [2.75, 3.05) is 6.61 Å². The van der Waals surface area contributed by atoms with Crippen molar-refractivity contribution in [2.24, 2.45) is 0 Å². The van der Waals surface area contributed by atoms with Crippen LogP contribution in [0.2, 0.25) is 0 Å². The summed E-state index contributed by atoms with van der Waals surface area (Å²) in [6.07, 6.45) is 0. The van der Waals surface area contributed by atoms with Gasteiger partial charge in [0.25, 0.3) is 0 Å². The predicted molar refractivity (Wildman–Crippen MR) is 114 cm³/mol. The van der Waals surface area contributed by atoms with Gasteiger partial charge in [-0.2, -0.15) is 0 Å². The lowest BCUT2D eigenvalue weighted by molar-refractivity contribution is -0.157. The second-order valence-corrected chi connectivity index (χ2v) is 8.12. The van der Waals surface area contributed by atoms with E-state index in [2.05, 4.69) is 0 Å². The Balaban J connectivity index is 1.75. The lowest BCUT2D eigenvalue weighted by Crippen LogP contribution is -2.27. The number of carbonyl (C=O) groups is 1. The Morgan fingerprint density at radius 3 is 2.50 bits per heavy atom. The molecule has 6 nitrogen and oxygen atoms in total. The molecule has 0 N–H and O–H groups in total. The predicted octanol–water partition coefficient (Wildman–Crippen LogP) is 5.24. The number of furan rings is 1. The van der Waals surface area contributed by atoms with Gasteiger partial charge < -0.3 is 18.3 Å². The number of aryl methyl sites for hydroxylation is 1. The smallest absolute Gasteiger partial charge is 0.344 e. The SMILES string of the molecule is Cc1cc2oc(=O)cc(-c3cc4ccccc4o3)c2cc1OCC(=O)OC(C)(C)C. The van der Waals surface area contributed by atoms with Crippen LogP contribution in [0.5, 0.6) is 5.75 Å². The molecule has 2 heterocycles. The summed E-state index contributed by atoms with van der Waals surface area (Å²) < 4.78 is 22.3. The van der Waals surface area contributed by atoms with Crippen molar-refractivity contribution >= 4 is 27.9 Å². The molecule has 0 radical (unpaired) electrons. The summed E-state index contributed by atoms with van der Waals surface area (Å²) in [5, 5.41) is 1.58. The van der Waals surface area contributed by atoms with Crippen LogP contribution in [-0.4, -0.2) is 18.2 Å². The Bertz CT molecular complexity index is 1270. The van der Waals surface area contributed by atoms with E-state index in [1.807, 2.05) is 37.3 Å². The van der Waals surface area contributed by atoms with Gasteiger partial charge in [-0.25, -0.2) is 9.59 Å². The molecule has 2 aromatic carbocycles. The fraction of sp³-hybridized carbons (Fsp3) is 0.250. The van der Waals surface area contributed by atoms with Crippen LogP contribution in [0.25, 0.3) is 33.3 Å². The number of hydrogen-bond donors (Lipinski definition) is 0. The molecule has 6 heteroatoms. The van der Waals surface area contributed by atoms with Crippen LogP contribution >= 0.6 is 0 Å². The van der Waals surface area contributed by atoms with Gasteiger partial charge in [0.1, 0.15) is 28.3 Å². The van der Waals surface area contributed by atoms with Crippen molar-refractivity contribution in [1.29, 1.82) is 0 Å². The Hall–Kier alpha value is -3.54. The van der Waals surface area contributed by atoms with Crippen molar-refractivity contribution in [3.8, 4) is 17.1 Å². The van der Waals surface area contributed by atoms with E-state index < -0.39 is 17.2 Å². The van der Waals surface area contributed by atoms with Crippen molar-refractivity contribution < 1.29 is 23.1 Å². The maximum atomic E-state index is 12.1. The highest BCUT2D eigenvalue weighted by Crippen LogP contribution is 2.35. The van der Waals surface area contributed by atoms with Gasteiger partial charge in [-0.05, 0) is 57.5 Å². The van der Waals surface area contributed by atoms with Crippen LogP contribution < -0.4 is 10.4 Å². The minimum Gasteiger partial charge on any atom is -0.482 e. The third-order valence-corrected chi connectivity index (χ3v) is 4.50. The summed E-state index contributed by atoms with van der Waals surface area (Å²) >= 11 is 0. The third kappa shape index (κ3) is 4.08. The van der Waals surface area contributed by atoms with Crippen LogP contribution in [-0.2, 0) is 9.53 Å². The largest absolute Gasteiger partial charge is 0.482 e. The van der Waals surface area contributed by atoms with Gasteiger partial charge in [-0.15, -0.1) is 0 Å². The number of benzene rings is 2. The maximum Gasteiger partial charge on any atom is 0.344 e. The molecule has 0 bridgehead atoms. The molecular formula is C24H22O6. The minimum absolute atomic E-state index is 0.222. The molecule has 0 aliphatic rings. The number of carbonyl (C=O) groups excluding carboxylic acids is 1. The number of esters is 1. The molecule has 30 heavy (non-hydrogen) atoms. The summed E-state index contributed by atoms with van der Waals surface area (Å²) in [5.74, 6) is 0.592. The first-order valence-corrected chi connectivity index (χ1v) is 9.62. The average Bonchev–Trinajstić information content (AvgIpc) is 3.08. The molecule has 0 atom stereocenters. The summed E-state index contributed by atoms with van der Waals surface area (Å²) in [6, 6.07) is 14.4. The lowest BCUT2D eigenvalue weighted by atomic mass is 10.0. The fourth-order valence-corrected chi connectivity index (χ4v) is 3.27. The average molecular weight is 406 g/mol. The van der Waals surface area contributed by atoms with E-state index in [-0.39, 0.29) is 6.61 Å². The van der Waals surface area contributed by atoms with E-state index >= 15 is 0 Å². The number of ether oxygens (including phenoxy) is 2. The zero-order valence-electron chi connectivity index (χ0n) is 17.3. The Morgan fingerprint density at radius 1 is 1.00 bits per heavy atom. The Labute approximate surface area is 173 Å². The fourth-order valence-electron chi connectivity index (χ4n) is 3.27. The molecule has 154 valence electrons. The monoisotopic (exact) mass is 406 g/mol.